The lowest BCUT2D eigenvalue weighted by Gasteiger charge is -2.03. The first-order valence-electron chi connectivity index (χ1n) is 5.65. The van der Waals surface area contributed by atoms with Gasteiger partial charge < -0.3 is 10.4 Å². The van der Waals surface area contributed by atoms with Gasteiger partial charge >= 0.3 is 5.97 Å². The second kappa shape index (κ2) is 6.87. The lowest BCUT2D eigenvalue weighted by atomic mass is 10.4. The number of aromatic nitrogens is 1. The number of nitrogens with zero attached hydrogens (tertiary/aromatic N) is 1. The van der Waals surface area contributed by atoms with E-state index in [-0.39, 0.29) is 16.5 Å². The Bertz CT molecular complexity index is 621. The van der Waals surface area contributed by atoms with Gasteiger partial charge in [-0.05, 0) is 18.4 Å². The number of hydrogen-bond donors (Lipinski definition) is 2. The van der Waals surface area contributed by atoms with Crippen LogP contribution in [0.25, 0.3) is 0 Å². The summed E-state index contributed by atoms with van der Waals surface area (Å²) in [4.78, 5) is 27.1. The summed E-state index contributed by atoms with van der Waals surface area (Å²) in [6, 6.07) is 1.60. The lowest BCUT2D eigenvalue weighted by Crippen LogP contribution is -2.15. The lowest BCUT2D eigenvalue weighted by molar-refractivity contribution is -0.113. The van der Waals surface area contributed by atoms with Crippen LogP contribution in [-0.2, 0) is 10.5 Å². The predicted molar refractivity (Wildman–Crippen MR) is 82.9 cm³/mol. The summed E-state index contributed by atoms with van der Waals surface area (Å²) in [7, 11) is 0. The monoisotopic (exact) mass is 328 g/mol. The molecule has 0 unspecified atom stereocenters. The Morgan fingerprint density at radius 1 is 1.45 bits per heavy atom. The Balaban J connectivity index is 1.80. The zero-order valence-electron chi connectivity index (χ0n) is 10.6. The molecule has 0 radical (unpaired) electrons. The van der Waals surface area contributed by atoms with Crippen molar-refractivity contribution in [3.63, 3.8) is 0 Å². The minimum atomic E-state index is -1.03. The number of aryl methyl sites for hydroxylation is 1. The predicted octanol–water partition coefficient (Wildman–Crippen LogP) is 3.08. The first-order valence-corrected chi connectivity index (χ1v) is 8.57. The number of carbonyl (C=O) groups is 2. The van der Waals surface area contributed by atoms with Gasteiger partial charge in [0.05, 0.1) is 22.1 Å². The molecule has 106 valence electrons. The maximum Gasteiger partial charge on any atom is 0.348 e. The van der Waals surface area contributed by atoms with Gasteiger partial charge in [-0.2, -0.15) is 0 Å². The number of thiazole rings is 1. The maximum atomic E-state index is 11.7. The van der Waals surface area contributed by atoms with E-state index in [0.29, 0.717) is 11.4 Å². The number of thioether (sulfide) groups is 1. The van der Waals surface area contributed by atoms with Gasteiger partial charge in [0.15, 0.2) is 0 Å². The van der Waals surface area contributed by atoms with Gasteiger partial charge in [-0.25, -0.2) is 9.78 Å². The number of thiophene rings is 1. The number of carboxylic acids is 1. The fraction of sp³-hybridized carbons (Fsp3) is 0.250. The fourth-order valence-corrected chi connectivity index (χ4v) is 3.60. The van der Waals surface area contributed by atoms with Gasteiger partial charge in [0.1, 0.15) is 4.88 Å². The van der Waals surface area contributed by atoms with Crippen LogP contribution in [0.1, 0.15) is 20.4 Å². The van der Waals surface area contributed by atoms with Crippen LogP contribution in [0, 0.1) is 6.92 Å². The number of nitrogens with one attached hydrogen (secondary N) is 1. The molecule has 2 rings (SSSR count). The van der Waals surface area contributed by atoms with Crippen LogP contribution < -0.4 is 5.32 Å². The van der Waals surface area contributed by atoms with Crippen molar-refractivity contribution in [3.05, 3.63) is 32.4 Å². The Morgan fingerprint density at radius 3 is 2.90 bits per heavy atom. The molecular formula is C12H12N2O3S3. The quantitative estimate of drug-likeness (QED) is 0.852. The molecule has 5 nitrogen and oxygen atoms in total. The van der Waals surface area contributed by atoms with Crippen molar-refractivity contribution in [2.75, 3.05) is 11.1 Å². The largest absolute Gasteiger partial charge is 0.477 e. The molecule has 0 aromatic carbocycles. The molecule has 2 N–H and O–H groups in total. The van der Waals surface area contributed by atoms with Crippen molar-refractivity contribution in [1.82, 2.24) is 4.98 Å². The van der Waals surface area contributed by atoms with Crippen molar-refractivity contribution < 1.29 is 14.7 Å². The fourth-order valence-electron chi connectivity index (χ4n) is 1.48. The molecule has 0 aliphatic rings. The van der Waals surface area contributed by atoms with Gasteiger partial charge in [-0.3, -0.25) is 4.79 Å². The SMILES string of the molecule is Cc1nc(CSCC(=O)Nc2ccsc2C(=O)O)cs1. The van der Waals surface area contributed by atoms with E-state index in [9.17, 15) is 9.59 Å². The minimum Gasteiger partial charge on any atom is -0.477 e. The number of carboxylic acid groups (broad SMARTS) is 1. The standard InChI is InChI=1S/C12H12N2O3S3/c1-7-13-8(5-20-7)4-18-6-10(15)14-9-2-3-19-11(9)12(16)17/h2-3,5H,4,6H2,1H3,(H,14,15)(H,16,17). The summed E-state index contributed by atoms with van der Waals surface area (Å²) in [6.45, 7) is 1.94. The Hall–Kier alpha value is -1.38. The molecule has 0 saturated carbocycles. The third kappa shape index (κ3) is 4.06. The number of hydrogen-bond acceptors (Lipinski definition) is 6. The minimum absolute atomic E-state index is 0.151. The molecule has 0 atom stereocenters. The number of carbonyl (C=O) groups excluding carboxylic acids is 1. The Labute approximate surface area is 128 Å². The number of rotatable bonds is 6. The van der Waals surface area contributed by atoms with Crippen LogP contribution in [0.4, 0.5) is 5.69 Å². The highest BCUT2D eigenvalue weighted by Crippen LogP contribution is 2.22. The summed E-state index contributed by atoms with van der Waals surface area (Å²) in [5.74, 6) is -0.290. The molecule has 2 aromatic heterocycles. The van der Waals surface area contributed by atoms with Crippen molar-refractivity contribution >= 4 is 52.0 Å². The van der Waals surface area contributed by atoms with Gasteiger partial charge in [0.2, 0.25) is 5.91 Å². The summed E-state index contributed by atoms with van der Waals surface area (Å²) >= 11 is 4.13. The molecule has 0 aliphatic carbocycles. The summed E-state index contributed by atoms with van der Waals surface area (Å²) in [5, 5.41) is 16.2. The average molecular weight is 328 g/mol. The molecular weight excluding hydrogens is 316 g/mol. The van der Waals surface area contributed by atoms with E-state index in [1.54, 1.807) is 22.8 Å². The highest BCUT2D eigenvalue weighted by atomic mass is 32.2. The van der Waals surface area contributed by atoms with Gasteiger partial charge in [-0.1, -0.05) is 0 Å². The molecule has 0 fully saturated rings. The summed E-state index contributed by atoms with van der Waals surface area (Å²) < 4.78 is 0. The summed E-state index contributed by atoms with van der Waals surface area (Å²) in [5.41, 5.74) is 1.32. The second-order valence-corrected chi connectivity index (χ2v) is 6.83. The molecule has 0 spiro atoms. The molecule has 20 heavy (non-hydrogen) atoms. The molecule has 0 bridgehead atoms. The molecule has 0 aliphatic heterocycles. The third-order valence-electron chi connectivity index (χ3n) is 2.28. The van der Waals surface area contributed by atoms with Crippen LogP contribution in [0.5, 0.6) is 0 Å². The first kappa shape index (κ1) is 15.0. The Morgan fingerprint density at radius 2 is 2.25 bits per heavy atom. The topological polar surface area (TPSA) is 79.3 Å². The van der Waals surface area contributed by atoms with Crippen LogP contribution in [0.15, 0.2) is 16.8 Å². The van der Waals surface area contributed by atoms with E-state index in [4.69, 9.17) is 5.11 Å². The number of anilines is 1. The van der Waals surface area contributed by atoms with E-state index in [1.165, 1.54) is 11.8 Å². The number of amides is 1. The van der Waals surface area contributed by atoms with Crippen molar-refractivity contribution in [1.29, 1.82) is 0 Å². The van der Waals surface area contributed by atoms with Crippen LogP contribution in [-0.4, -0.2) is 27.7 Å². The van der Waals surface area contributed by atoms with Gasteiger partial charge in [-0.15, -0.1) is 34.4 Å². The zero-order chi connectivity index (χ0) is 14.5. The normalized spacial score (nSPS) is 10.4. The molecule has 2 heterocycles. The summed E-state index contributed by atoms with van der Waals surface area (Å²) in [6.07, 6.45) is 0. The molecule has 2 aromatic rings. The van der Waals surface area contributed by atoms with Gasteiger partial charge in [0, 0.05) is 11.1 Å². The van der Waals surface area contributed by atoms with Crippen molar-refractivity contribution in [3.8, 4) is 0 Å². The smallest absolute Gasteiger partial charge is 0.348 e. The highest BCUT2D eigenvalue weighted by molar-refractivity contribution is 7.99. The van der Waals surface area contributed by atoms with Crippen LogP contribution in [0.3, 0.4) is 0 Å². The van der Waals surface area contributed by atoms with Crippen LogP contribution in [0.2, 0.25) is 0 Å². The maximum absolute atomic E-state index is 11.7. The van der Waals surface area contributed by atoms with E-state index in [1.807, 2.05) is 12.3 Å². The molecule has 8 heteroatoms. The van der Waals surface area contributed by atoms with E-state index in [0.717, 1.165) is 22.0 Å². The first-order chi connectivity index (χ1) is 9.56. The molecule has 0 saturated heterocycles. The van der Waals surface area contributed by atoms with Crippen molar-refractivity contribution in [2.24, 2.45) is 0 Å². The third-order valence-corrected chi connectivity index (χ3v) is 4.97. The Kier molecular flexibility index (Phi) is 5.16. The highest BCUT2D eigenvalue weighted by Gasteiger charge is 2.13. The van der Waals surface area contributed by atoms with E-state index in [2.05, 4.69) is 10.3 Å². The van der Waals surface area contributed by atoms with E-state index < -0.39 is 5.97 Å². The average Bonchev–Trinajstić information content (AvgIpc) is 2.98. The van der Waals surface area contributed by atoms with E-state index >= 15 is 0 Å². The number of aromatic carboxylic acids is 1. The second-order valence-electron chi connectivity index (χ2n) is 3.87. The van der Waals surface area contributed by atoms with Crippen LogP contribution >= 0.6 is 34.4 Å². The van der Waals surface area contributed by atoms with Crippen molar-refractivity contribution in [2.45, 2.75) is 12.7 Å². The molecule has 1 amide bonds. The van der Waals surface area contributed by atoms with Gasteiger partial charge in [0.25, 0.3) is 0 Å². The zero-order valence-corrected chi connectivity index (χ0v) is 13.0.